The first-order valence-corrected chi connectivity index (χ1v) is 5.45. The minimum atomic E-state index is 0.00728. The van der Waals surface area contributed by atoms with Gasteiger partial charge >= 0.3 is 0 Å². The highest BCUT2D eigenvalue weighted by Gasteiger charge is 2.14. The van der Waals surface area contributed by atoms with E-state index in [9.17, 15) is 4.79 Å². The predicted octanol–water partition coefficient (Wildman–Crippen LogP) is 2.32. The molecule has 1 aromatic rings. The van der Waals surface area contributed by atoms with Crippen LogP contribution in [0.5, 0.6) is 5.75 Å². The van der Waals surface area contributed by atoms with E-state index in [0.29, 0.717) is 0 Å². The lowest BCUT2D eigenvalue weighted by Crippen LogP contribution is -2.34. The Balaban J connectivity index is 2.71. The monoisotopic (exact) mass is 221 g/mol. The summed E-state index contributed by atoms with van der Waals surface area (Å²) in [7, 11) is 1.65. The van der Waals surface area contributed by atoms with Gasteiger partial charge in [0.25, 0.3) is 0 Å². The number of amides is 1. The first-order valence-electron chi connectivity index (χ1n) is 5.45. The third-order valence-corrected chi connectivity index (χ3v) is 2.82. The van der Waals surface area contributed by atoms with Crippen LogP contribution in [0, 0.1) is 0 Å². The second kappa shape index (κ2) is 5.54. The summed E-state index contributed by atoms with van der Waals surface area (Å²) in [5.41, 5.74) is 1.20. The van der Waals surface area contributed by atoms with Crippen molar-refractivity contribution < 1.29 is 9.53 Å². The van der Waals surface area contributed by atoms with Gasteiger partial charge in [0.15, 0.2) is 0 Å². The molecule has 0 saturated heterocycles. The highest BCUT2D eigenvalue weighted by atomic mass is 16.5. The SMILES string of the molecule is COc1ccc([C@H](C)[C@@H](C)NC(C)=O)cc1. The molecule has 1 rings (SSSR count). The van der Waals surface area contributed by atoms with E-state index < -0.39 is 0 Å². The van der Waals surface area contributed by atoms with Crippen LogP contribution >= 0.6 is 0 Å². The summed E-state index contributed by atoms with van der Waals surface area (Å²) in [6.45, 7) is 5.65. The van der Waals surface area contributed by atoms with Crippen molar-refractivity contribution >= 4 is 5.91 Å². The van der Waals surface area contributed by atoms with Gasteiger partial charge in [-0.1, -0.05) is 19.1 Å². The number of hydrogen-bond acceptors (Lipinski definition) is 2. The van der Waals surface area contributed by atoms with Crippen molar-refractivity contribution in [2.24, 2.45) is 0 Å². The molecule has 0 aliphatic heterocycles. The molecule has 3 heteroatoms. The van der Waals surface area contributed by atoms with E-state index in [2.05, 4.69) is 12.2 Å². The van der Waals surface area contributed by atoms with E-state index in [1.807, 2.05) is 31.2 Å². The number of carbonyl (C=O) groups is 1. The molecular weight excluding hydrogens is 202 g/mol. The van der Waals surface area contributed by atoms with Crippen molar-refractivity contribution in [1.29, 1.82) is 0 Å². The Bertz CT molecular complexity index is 345. The topological polar surface area (TPSA) is 38.3 Å². The van der Waals surface area contributed by atoms with E-state index in [-0.39, 0.29) is 17.9 Å². The molecule has 88 valence electrons. The number of hydrogen-bond donors (Lipinski definition) is 1. The maximum atomic E-state index is 11.0. The molecule has 0 aliphatic carbocycles. The number of rotatable bonds is 4. The third-order valence-electron chi connectivity index (χ3n) is 2.82. The molecular formula is C13H19NO2. The summed E-state index contributed by atoms with van der Waals surface area (Å²) < 4.78 is 5.10. The average Bonchev–Trinajstić information content (AvgIpc) is 2.27. The van der Waals surface area contributed by atoms with E-state index in [0.717, 1.165) is 5.75 Å². The van der Waals surface area contributed by atoms with E-state index >= 15 is 0 Å². The van der Waals surface area contributed by atoms with Crippen LogP contribution in [-0.4, -0.2) is 19.1 Å². The predicted molar refractivity (Wildman–Crippen MR) is 64.7 cm³/mol. The number of nitrogens with one attached hydrogen (secondary N) is 1. The summed E-state index contributed by atoms with van der Waals surface area (Å²) in [5, 5.41) is 2.90. The number of ether oxygens (including phenoxy) is 1. The van der Waals surface area contributed by atoms with Crippen molar-refractivity contribution in [2.45, 2.75) is 32.7 Å². The Morgan fingerprint density at radius 2 is 1.81 bits per heavy atom. The minimum Gasteiger partial charge on any atom is -0.497 e. The fraction of sp³-hybridized carbons (Fsp3) is 0.462. The van der Waals surface area contributed by atoms with E-state index in [1.165, 1.54) is 12.5 Å². The zero-order valence-electron chi connectivity index (χ0n) is 10.3. The average molecular weight is 221 g/mol. The van der Waals surface area contributed by atoms with Gasteiger partial charge < -0.3 is 10.1 Å². The molecule has 0 unspecified atom stereocenters. The van der Waals surface area contributed by atoms with Crippen LogP contribution in [0.2, 0.25) is 0 Å². The lowest BCUT2D eigenvalue weighted by atomic mass is 9.94. The van der Waals surface area contributed by atoms with Crippen molar-refractivity contribution in [1.82, 2.24) is 5.32 Å². The molecule has 0 aromatic heterocycles. The van der Waals surface area contributed by atoms with Crippen LogP contribution in [0.15, 0.2) is 24.3 Å². The summed E-state index contributed by atoms with van der Waals surface area (Å²) in [6, 6.07) is 8.06. The molecule has 1 aromatic carbocycles. The molecule has 0 aliphatic rings. The van der Waals surface area contributed by atoms with Gasteiger partial charge in [0, 0.05) is 18.9 Å². The lowest BCUT2D eigenvalue weighted by Gasteiger charge is -2.21. The van der Waals surface area contributed by atoms with Crippen LogP contribution in [0.25, 0.3) is 0 Å². The van der Waals surface area contributed by atoms with Crippen LogP contribution in [-0.2, 0) is 4.79 Å². The Morgan fingerprint density at radius 3 is 2.25 bits per heavy atom. The third kappa shape index (κ3) is 3.26. The van der Waals surface area contributed by atoms with Gasteiger partial charge in [-0.2, -0.15) is 0 Å². The molecule has 0 spiro atoms. The number of methoxy groups -OCH3 is 1. The molecule has 16 heavy (non-hydrogen) atoms. The normalized spacial score (nSPS) is 14.0. The van der Waals surface area contributed by atoms with Crippen molar-refractivity contribution in [3.05, 3.63) is 29.8 Å². The molecule has 1 N–H and O–H groups in total. The maximum Gasteiger partial charge on any atom is 0.217 e. The van der Waals surface area contributed by atoms with Gasteiger partial charge in [-0.05, 0) is 24.6 Å². The highest BCUT2D eigenvalue weighted by Crippen LogP contribution is 2.21. The molecule has 1 amide bonds. The quantitative estimate of drug-likeness (QED) is 0.847. The second-order valence-electron chi connectivity index (χ2n) is 4.05. The van der Waals surface area contributed by atoms with E-state index in [1.54, 1.807) is 7.11 Å². The maximum absolute atomic E-state index is 11.0. The fourth-order valence-electron chi connectivity index (χ4n) is 1.64. The van der Waals surface area contributed by atoms with Crippen molar-refractivity contribution in [3.63, 3.8) is 0 Å². The Labute approximate surface area is 96.8 Å². The molecule has 0 bridgehead atoms. The molecule has 0 radical (unpaired) electrons. The Kier molecular flexibility index (Phi) is 4.35. The zero-order valence-corrected chi connectivity index (χ0v) is 10.3. The number of carbonyl (C=O) groups excluding carboxylic acids is 1. The van der Waals surface area contributed by atoms with Crippen LogP contribution in [0.3, 0.4) is 0 Å². The van der Waals surface area contributed by atoms with Crippen molar-refractivity contribution in [3.8, 4) is 5.75 Å². The van der Waals surface area contributed by atoms with Crippen LogP contribution < -0.4 is 10.1 Å². The first kappa shape index (κ1) is 12.6. The van der Waals surface area contributed by atoms with Gasteiger partial charge in [-0.25, -0.2) is 0 Å². The molecule has 2 atom stereocenters. The smallest absolute Gasteiger partial charge is 0.217 e. The van der Waals surface area contributed by atoms with Crippen LogP contribution in [0.1, 0.15) is 32.3 Å². The summed E-state index contributed by atoms with van der Waals surface area (Å²) in [4.78, 5) is 11.0. The molecule has 0 fully saturated rings. The van der Waals surface area contributed by atoms with Gasteiger partial charge in [-0.15, -0.1) is 0 Å². The Morgan fingerprint density at radius 1 is 1.25 bits per heavy atom. The van der Waals surface area contributed by atoms with Gasteiger partial charge in [0.1, 0.15) is 5.75 Å². The first-order chi connectivity index (χ1) is 7.54. The van der Waals surface area contributed by atoms with Gasteiger partial charge in [0.2, 0.25) is 5.91 Å². The standard InChI is InChI=1S/C13H19NO2/c1-9(10(2)14-11(3)15)12-5-7-13(16-4)8-6-12/h5-10H,1-4H3,(H,14,15)/t9-,10-/m1/s1. The highest BCUT2D eigenvalue weighted by molar-refractivity contribution is 5.73. The molecule has 3 nitrogen and oxygen atoms in total. The van der Waals surface area contributed by atoms with Crippen LogP contribution in [0.4, 0.5) is 0 Å². The molecule has 0 heterocycles. The summed E-state index contributed by atoms with van der Waals surface area (Å²) in [6.07, 6.45) is 0. The lowest BCUT2D eigenvalue weighted by molar-refractivity contribution is -0.119. The minimum absolute atomic E-state index is 0.00728. The summed E-state index contributed by atoms with van der Waals surface area (Å²) in [5.74, 6) is 1.14. The number of benzene rings is 1. The van der Waals surface area contributed by atoms with Crippen molar-refractivity contribution in [2.75, 3.05) is 7.11 Å². The Hall–Kier alpha value is -1.51. The molecule has 0 saturated carbocycles. The van der Waals surface area contributed by atoms with Gasteiger partial charge in [0.05, 0.1) is 7.11 Å². The fourth-order valence-corrected chi connectivity index (χ4v) is 1.64. The summed E-state index contributed by atoms with van der Waals surface area (Å²) >= 11 is 0. The van der Waals surface area contributed by atoms with E-state index in [4.69, 9.17) is 4.74 Å². The largest absolute Gasteiger partial charge is 0.497 e. The second-order valence-corrected chi connectivity index (χ2v) is 4.05. The van der Waals surface area contributed by atoms with Gasteiger partial charge in [-0.3, -0.25) is 4.79 Å². The zero-order chi connectivity index (χ0) is 12.1.